The number of oxazole rings is 1. The van der Waals surface area contributed by atoms with Crippen LogP contribution in [0.3, 0.4) is 0 Å². The van der Waals surface area contributed by atoms with Crippen LogP contribution in [0, 0.1) is 0 Å². The van der Waals surface area contributed by atoms with Crippen LogP contribution >= 0.6 is 0 Å². The maximum Gasteiger partial charge on any atom is 0.211 e. The van der Waals surface area contributed by atoms with Crippen LogP contribution in [-0.4, -0.2) is 29.3 Å². The maximum absolute atomic E-state index is 10.3. The lowest BCUT2D eigenvalue weighted by atomic mass is 10.2. The van der Waals surface area contributed by atoms with E-state index in [1.807, 2.05) is 0 Å². The average molecular weight is 208 g/mol. The summed E-state index contributed by atoms with van der Waals surface area (Å²) >= 11 is 0. The van der Waals surface area contributed by atoms with Crippen molar-refractivity contribution in [2.75, 3.05) is 13.1 Å². The number of carbonyl (C=O) groups is 1. The van der Waals surface area contributed by atoms with Crippen LogP contribution in [0.5, 0.6) is 0 Å². The van der Waals surface area contributed by atoms with E-state index in [1.165, 1.54) is 6.42 Å². The molecule has 2 rings (SSSR count). The lowest BCUT2D eigenvalue weighted by Crippen LogP contribution is -2.22. The second-order valence-electron chi connectivity index (χ2n) is 3.82. The van der Waals surface area contributed by atoms with Crippen LogP contribution in [0.2, 0.25) is 0 Å². The monoisotopic (exact) mass is 208 g/mol. The fourth-order valence-electron chi connectivity index (χ4n) is 2.14. The van der Waals surface area contributed by atoms with Crippen molar-refractivity contribution < 1.29 is 9.21 Å². The van der Waals surface area contributed by atoms with Crippen molar-refractivity contribution in [2.24, 2.45) is 0 Å². The van der Waals surface area contributed by atoms with Crippen LogP contribution in [0.15, 0.2) is 10.6 Å². The first-order chi connectivity index (χ1) is 7.35. The Balaban J connectivity index is 2.10. The Morgan fingerprint density at radius 3 is 3.33 bits per heavy atom. The smallest absolute Gasteiger partial charge is 0.211 e. The number of aromatic nitrogens is 1. The third-order valence-electron chi connectivity index (χ3n) is 2.91. The van der Waals surface area contributed by atoms with Crippen LogP contribution in [-0.2, 0) is 11.2 Å². The molecule has 1 fully saturated rings. The minimum atomic E-state index is 0.315. The van der Waals surface area contributed by atoms with Crippen LogP contribution < -0.4 is 0 Å². The van der Waals surface area contributed by atoms with Crippen molar-refractivity contribution in [1.29, 1.82) is 0 Å². The van der Waals surface area contributed by atoms with Gasteiger partial charge in [0.25, 0.3) is 0 Å². The van der Waals surface area contributed by atoms with E-state index in [0.29, 0.717) is 18.2 Å². The number of rotatable bonds is 4. The highest BCUT2D eigenvalue weighted by Gasteiger charge is 2.28. The van der Waals surface area contributed by atoms with E-state index >= 15 is 0 Å². The van der Waals surface area contributed by atoms with E-state index in [2.05, 4.69) is 16.8 Å². The van der Waals surface area contributed by atoms with Crippen molar-refractivity contribution in [3.63, 3.8) is 0 Å². The topological polar surface area (TPSA) is 46.3 Å². The molecule has 1 aromatic rings. The van der Waals surface area contributed by atoms with Gasteiger partial charge in [0.05, 0.1) is 18.7 Å². The summed E-state index contributed by atoms with van der Waals surface area (Å²) in [5.74, 6) is 1.44. The molecular formula is C11H16N2O2. The number of likely N-dealkylation sites (tertiary alicyclic amines) is 1. The van der Waals surface area contributed by atoms with Crippen molar-refractivity contribution in [3.8, 4) is 0 Å². The molecular weight excluding hydrogens is 192 g/mol. The highest BCUT2D eigenvalue weighted by atomic mass is 16.4. The number of hydrogen-bond acceptors (Lipinski definition) is 4. The number of hydrogen-bond donors (Lipinski definition) is 0. The van der Waals surface area contributed by atoms with Gasteiger partial charge in [0.15, 0.2) is 0 Å². The van der Waals surface area contributed by atoms with Crippen molar-refractivity contribution in [3.05, 3.63) is 17.8 Å². The van der Waals surface area contributed by atoms with Crippen LogP contribution in [0.25, 0.3) is 0 Å². The molecule has 0 aliphatic carbocycles. The molecule has 0 N–H and O–H groups in total. The fraction of sp³-hybridized carbons (Fsp3) is 0.636. The minimum Gasteiger partial charge on any atom is -0.444 e. The van der Waals surface area contributed by atoms with Crippen LogP contribution in [0.1, 0.15) is 37.5 Å². The molecule has 82 valence electrons. The maximum atomic E-state index is 10.3. The molecule has 1 aliphatic rings. The summed E-state index contributed by atoms with van der Waals surface area (Å²) in [5, 5.41) is 0. The van der Waals surface area contributed by atoms with Gasteiger partial charge in [-0.15, -0.1) is 0 Å². The molecule has 4 nitrogen and oxygen atoms in total. The Kier molecular flexibility index (Phi) is 3.16. The van der Waals surface area contributed by atoms with Crippen molar-refractivity contribution in [2.45, 2.75) is 32.2 Å². The zero-order valence-corrected chi connectivity index (χ0v) is 8.98. The summed E-state index contributed by atoms with van der Waals surface area (Å²) in [6, 6.07) is 0.315. The molecule has 1 saturated heterocycles. The van der Waals surface area contributed by atoms with Gasteiger partial charge in [0.2, 0.25) is 5.89 Å². The molecule has 0 spiro atoms. The lowest BCUT2D eigenvalue weighted by molar-refractivity contribution is -0.107. The van der Waals surface area contributed by atoms with E-state index in [9.17, 15) is 4.79 Å². The Morgan fingerprint density at radius 1 is 1.73 bits per heavy atom. The molecule has 0 aromatic carbocycles. The Hall–Kier alpha value is -1.16. The number of aldehydes is 1. The summed E-state index contributed by atoms with van der Waals surface area (Å²) in [6.07, 6.45) is 5.14. The molecule has 15 heavy (non-hydrogen) atoms. The molecule has 1 aromatic heterocycles. The Bertz CT molecular complexity index is 335. The number of nitrogens with zero attached hydrogens (tertiary/aromatic N) is 2. The summed E-state index contributed by atoms with van der Waals surface area (Å²) in [5.41, 5.74) is 0. The predicted octanol–water partition coefficient (Wildman–Crippen LogP) is 1.57. The zero-order chi connectivity index (χ0) is 10.7. The van der Waals surface area contributed by atoms with Gasteiger partial charge in [-0.05, 0) is 25.9 Å². The summed E-state index contributed by atoms with van der Waals surface area (Å²) in [7, 11) is 0. The first kappa shape index (κ1) is 10.4. The molecule has 1 aliphatic heterocycles. The van der Waals surface area contributed by atoms with E-state index in [4.69, 9.17) is 4.42 Å². The first-order valence-electron chi connectivity index (χ1n) is 5.47. The highest BCUT2D eigenvalue weighted by molar-refractivity contribution is 5.52. The normalized spacial score (nSPS) is 22.1. The molecule has 0 radical (unpaired) electrons. The zero-order valence-electron chi connectivity index (χ0n) is 8.98. The third kappa shape index (κ3) is 2.09. The van der Waals surface area contributed by atoms with Crippen LogP contribution in [0.4, 0.5) is 0 Å². The second kappa shape index (κ2) is 4.57. The van der Waals surface area contributed by atoms with Gasteiger partial charge in [-0.3, -0.25) is 4.90 Å². The standard InChI is InChI=1S/C11H16N2O2/c1-2-13-6-3-4-10(13)11-12-8-9(15-11)5-7-14/h7-8,10H,2-6H2,1H3. The Labute approximate surface area is 89.3 Å². The summed E-state index contributed by atoms with van der Waals surface area (Å²) in [6.45, 7) is 4.29. The van der Waals surface area contributed by atoms with Gasteiger partial charge >= 0.3 is 0 Å². The highest BCUT2D eigenvalue weighted by Crippen LogP contribution is 2.30. The van der Waals surface area contributed by atoms with Gasteiger partial charge in [0, 0.05) is 0 Å². The summed E-state index contributed by atoms with van der Waals surface area (Å²) in [4.78, 5) is 16.9. The fourth-order valence-corrected chi connectivity index (χ4v) is 2.14. The average Bonchev–Trinajstić information content (AvgIpc) is 2.84. The third-order valence-corrected chi connectivity index (χ3v) is 2.91. The number of carbonyl (C=O) groups excluding carboxylic acids is 1. The molecule has 1 atom stereocenters. The predicted molar refractivity (Wildman–Crippen MR) is 55.5 cm³/mol. The van der Waals surface area contributed by atoms with Gasteiger partial charge in [-0.25, -0.2) is 4.98 Å². The molecule has 2 heterocycles. The second-order valence-corrected chi connectivity index (χ2v) is 3.82. The van der Waals surface area contributed by atoms with E-state index < -0.39 is 0 Å². The van der Waals surface area contributed by atoms with E-state index in [-0.39, 0.29) is 0 Å². The van der Waals surface area contributed by atoms with Gasteiger partial charge < -0.3 is 9.21 Å². The minimum absolute atomic E-state index is 0.315. The largest absolute Gasteiger partial charge is 0.444 e. The Morgan fingerprint density at radius 2 is 2.60 bits per heavy atom. The van der Waals surface area contributed by atoms with Gasteiger partial charge in [-0.2, -0.15) is 0 Å². The quantitative estimate of drug-likeness (QED) is 0.705. The van der Waals surface area contributed by atoms with Gasteiger partial charge in [-0.1, -0.05) is 6.92 Å². The molecule has 1 unspecified atom stereocenters. The summed E-state index contributed by atoms with van der Waals surface area (Å²) < 4.78 is 5.56. The SMILES string of the molecule is CCN1CCCC1c1ncc(CC=O)o1. The van der Waals surface area contributed by atoms with E-state index in [1.54, 1.807) is 6.20 Å². The lowest BCUT2D eigenvalue weighted by Gasteiger charge is -2.19. The molecule has 4 heteroatoms. The van der Waals surface area contributed by atoms with Crippen molar-refractivity contribution in [1.82, 2.24) is 9.88 Å². The molecule has 0 amide bonds. The molecule has 0 saturated carbocycles. The van der Waals surface area contributed by atoms with Gasteiger partial charge in [0.1, 0.15) is 12.0 Å². The molecule has 0 bridgehead atoms. The first-order valence-corrected chi connectivity index (χ1v) is 5.47. The van der Waals surface area contributed by atoms with E-state index in [0.717, 1.165) is 31.7 Å². The van der Waals surface area contributed by atoms with Crippen molar-refractivity contribution >= 4 is 6.29 Å².